The third-order valence-electron chi connectivity index (χ3n) is 3.63. The van der Waals surface area contributed by atoms with Gasteiger partial charge in [-0.2, -0.15) is 0 Å². The van der Waals surface area contributed by atoms with Crippen LogP contribution in [0.15, 0.2) is 0 Å². The van der Waals surface area contributed by atoms with Crippen LogP contribution in [0.4, 0.5) is 0 Å². The van der Waals surface area contributed by atoms with E-state index in [9.17, 15) is 14.4 Å². The predicted octanol–water partition coefficient (Wildman–Crippen LogP) is 2.40. The minimum atomic E-state index is -0.731. The summed E-state index contributed by atoms with van der Waals surface area (Å²) in [7, 11) is 0. The summed E-state index contributed by atoms with van der Waals surface area (Å²) in [6.07, 6.45) is 7.74. The van der Waals surface area contributed by atoms with Gasteiger partial charge in [0.1, 0.15) is 5.92 Å². The van der Waals surface area contributed by atoms with Crippen molar-refractivity contribution in [3.05, 3.63) is 0 Å². The summed E-state index contributed by atoms with van der Waals surface area (Å²) >= 11 is 0. The Labute approximate surface area is 115 Å². The zero-order chi connectivity index (χ0) is 14.1. The van der Waals surface area contributed by atoms with Gasteiger partial charge in [0, 0.05) is 13.0 Å². The van der Waals surface area contributed by atoms with Crippen LogP contribution in [0.2, 0.25) is 0 Å². The number of carbonyl (C=O) groups is 3. The fourth-order valence-electron chi connectivity index (χ4n) is 2.40. The van der Waals surface area contributed by atoms with Gasteiger partial charge in [-0.1, -0.05) is 39.0 Å². The average molecular weight is 267 g/mol. The molecule has 1 fully saturated rings. The van der Waals surface area contributed by atoms with Gasteiger partial charge in [0.15, 0.2) is 5.78 Å². The number of hydrogen-bond donors (Lipinski definition) is 1. The van der Waals surface area contributed by atoms with E-state index >= 15 is 0 Å². The quantitative estimate of drug-likeness (QED) is 0.417. The molecule has 0 aliphatic carbocycles. The van der Waals surface area contributed by atoms with Gasteiger partial charge in [-0.3, -0.25) is 14.4 Å². The summed E-state index contributed by atoms with van der Waals surface area (Å²) < 4.78 is 0. The molecular formula is C15H25NO3. The molecule has 4 nitrogen and oxygen atoms in total. The number of nitrogens with one attached hydrogen (secondary N) is 1. The molecule has 1 amide bonds. The van der Waals surface area contributed by atoms with Crippen LogP contribution < -0.4 is 5.32 Å². The van der Waals surface area contributed by atoms with E-state index in [0.717, 1.165) is 38.5 Å². The summed E-state index contributed by atoms with van der Waals surface area (Å²) in [4.78, 5) is 35.5. The lowest BCUT2D eigenvalue weighted by Crippen LogP contribution is -2.36. The van der Waals surface area contributed by atoms with Crippen molar-refractivity contribution >= 4 is 17.5 Å². The normalized spacial score (nSPS) is 19.6. The van der Waals surface area contributed by atoms with Crippen LogP contribution in [0.3, 0.4) is 0 Å². The molecule has 1 aliphatic rings. The number of ketones is 2. The Morgan fingerprint density at radius 3 is 2.63 bits per heavy atom. The van der Waals surface area contributed by atoms with Crippen molar-refractivity contribution in [2.75, 3.05) is 6.54 Å². The fourth-order valence-corrected chi connectivity index (χ4v) is 2.40. The first-order valence-corrected chi connectivity index (χ1v) is 7.51. The van der Waals surface area contributed by atoms with Crippen LogP contribution in [0.1, 0.15) is 64.7 Å². The minimum Gasteiger partial charge on any atom is -0.355 e. The standard InChI is InChI=1S/C15H25NO3/c1-2-3-4-5-6-10-13(17)14(18)12-9-7-8-11-16-15(12)19/h12H,2-11H2,1H3,(H,16,19). The van der Waals surface area contributed by atoms with E-state index in [2.05, 4.69) is 12.2 Å². The summed E-state index contributed by atoms with van der Waals surface area (Å²) in [5.41, 5.74) is 0. The summed E-state index contributed by atoms with van der Waals surface area (Å²) in [5.74, 6) is -1.83. The van der Waals surface area contributed by atoms with Crippen molar-refractivity contribution in [2.45, 2.75) is 64.7 Å². The maximum absolute atomic E-state index is 12.0. The Bertz CT molecular complexity index is 325. The van der Waals surface area contributed by atoms with E-state index in [4.69, 9.17) is 0 Å². The second-order valence-corrected chi connectivity index (χ2v) is 5.29. The number of rotatable bonds is 8. The molecule has 1 aliphatic heterocycles. The lowest BCUT2D eigenvalue weighted by atomic mass is 9.93. The second-order valence-electron chi connectivity index (χ2n) is 5.29. The van der Waals surface area contributed by atoms with Gasteiger partial charge in [-0.25, -0.2) is 0 Å². The third kappa shape index (κ3) is 5.53. The van der Waals surface area contributed by atoms with Crippen molar-refractivity contribution in [1.29, 1.82) is 0 Å². The molecule has 108 valence electrons. The Morgan fingerprint density at radius 2 is 1.89 bits per heavy atom. The van der Waals surface area contributed by atoms with E-state index in [1.54, 1.807) is 0 Å². The topological polar surface area (TPSA) is 63.2 Å². The molecule has 1 rings (SSSR count). The van der Waals surface area contributed by atoms with E-state index in [-0.39, 0.29) is 11.7 Å². The van der Waals surface area contributed by atoms with Crippen molar-refractivity contribution in [1.82, 2.24) is 5.32 Å². The largest absolute Gasteiger partial charge is 0.355 e. The molecule has 0 spiro atoms. The minimum absolute atomic E-state index is 0.262. The molecular weight excluding hydrogens is 242 g/mol. The van der Waals surface area contributed by atoms with Gasteiger partial charge in [-0.05, 0) is 19.3 Å². The fraction of sp³-hybridized carbons (Fsp3) is 0.800. The van der Waals surface area contributed by atoms with Gasteiger partial charge < -0.3 is 5.32 Å². The molecule has 1 N–H and O–H groups in total. The highest BCUT2D eigenvalue weighted by Crippen LogP contribution is 2.15. The Hall–Kier alpha value is -1.19. The molecule has 0 saturated carbocycles. The second kappa shape index (κ2) is 8.83. The molecule has 0 radical (unpaired) electrons. The summed E-state index contributed by atoms with van der Waals surface area (Å²) in [5, 5.41) is 2.70. The van der Waals surface area contributed by atoms with Gasteiger partial charge >= 0.3 is 0 Å². The highest BCUT2D eigenvalue weighted by atomic mass is 16.2. The smallest absolute Gasteiger partial charge is 0.231 e. The first kappa shape index (κ1) is 15.9. The van der Waals surface area contributed by atoms with Crippen LogP contribution in [-0.4, -0.2) is 24.0 Å². The lowest BCUT2D eigenvalue weighted by molar-refractivity contribution is -0.143. The molecule has 1 heterocycles. The Balaban J connectivity index is 2.34. The molecule has 1 saturated heterocycles. The lowest BCUT2D eigenvalue weighted by Gasteiger charge is -2.10. The molecule has 4 heteroatoms. The number of carbonyl (C=O) groups excluding carboxylic acids is 3. The maximum Gasteiger partial charge on any atom is 0.231 e. The number of unbranched alkanes of at least 4 members (excludes halogenated alkanes) is 4. The van der Waals surface area contributed by atoms with Gasteiger partial charge in [0.05, 0.1) is 0 Å². The van der Waals surface area contributed by atoms with Crippen LogP contribution in [-0.2, 0) is 14.4 Å². The molecule has 1 unspecified atom stereocenters. The zero-order valence-corrected chi connectivity index (χ0v) is 11.9. The van der Waals surface area contributed by atoms with Crippen molar-refractivity contribution in [2.24, 2.45) is 5.92 Å². The van der Waals surface area contributed by atoms with Crippen molar-refractivity contribution in [3.63, 3.8) is 0 Å². The first-order valence-electron chi connectivity index (χ1n) is 7.51. The average Bonchev–Trinajstić information content (AvgIpc) is 2.62. The van der Waals surface area contributed by atoms with Crippen LogP contribution >= 0.6 is 0 Å². The Morgan fingerprint density at radius 1 is 1.16 bits per heavy atom. The van der Waals surface area contributed by atoms with Crippen molar-refractivity contribution < 1.29 is 14.4 Å². The highest BCUT2D eigenvalue weighted by molar-refractivity contribution is 6.41. The zero-order valence-electron chi connectivity index (χ0n) is 11.9. The van der Waals surface area contributed by atoms with Crippen LogP contribution in [0, 0.1) is 5.92 Å². The molecule has 0 aromatic carbocycles. The van der Waals surface area contributed by atoms with Crippen LogP contribution in [0.5, 0.6) is 0 Å². The van der Waals surface area contributed by atoms with Crippen LogP contribution in [0.25, 0.3) is 0 Å². The molecule has 19 heavy (non-hydrogen) atoms. The van der Waals surface area contributed by atoms with E-state index in [1.807, 2.05) is 0 Å². The molecule has 1 atom stereocenters. The van der Waals surface area contributed by atoms with Gasteiger partial charge in [0.2, 0.25) is 11.7 Å². The SMILES string of the molecule is CCCCCCCC(=O)C(=O)C1CCCCNC1=O. The number of amides is 1. The first-order chi connectivity index (χ1) is 9.16. The number of Topliss-reactive ketones (excluding diaryl/α,β-unsaturated/α-hetero) is 2. The maximum atomic E-state index is 12.0. The number of hydrogen-bond acceptors (Lipinski definition) is 3. The highest BCUT2D eigenvalue weighted by Gasteiger charge is 2.31. The predicted molar refractivity (Wildman–Crippen MR) is 73.7 cm³/mol. The summed E-state index contributed by atoms with van der Waals surface area (Å²) in [6.45, 7) is 2.76. The van der Waals surface area contributed by atoms with Crippen molar-refractivity contribution in [3.8, 4) is 0 Å². The monoisotopic (exact) mass is 267 g/mol. The van der Waals surface area contributed by atoms with E-state index in [0.29, 0.717) is 19.4 Å². The molecule has 0 bridgehead atoms. The van der Waals surface area contributed by atoms with Gasteiger partial charge in [0.25, 0.3) is 0 Å². The van der Waals surface area contributed by atoms with E-state index in [1.165, 1.54) is 6.42 Å². The third-order valence-corrected chi connectivity index (χ3v) is 3.63. The summed E-state index contributed by atoms with van der Waals surface area (Å²) in [6, 6.07) is 0. The Kier molecular flexibility index (Phi) is 7.38. The molecule has 0 aromatic heterocycles. The molecule has 0 aromatic rings. The van der Waals surface area contributed by atoms with E-state index < -0.39 is 11.7 Å². The van der Waals surface area contributed by atoms with Gasteiger partial charge in [-0.15, -0.1) is 0 Å².